The van der Waals surface area contributed by atoms with Gasteiger partial charge in [0.25, 0.3) is 0 Å². The van der Waals surface area contributed by atoms with Crippen molar-refractivity contribution >= 4 is 40.2 Å². The van der Waals surface area contributed by atoms with Gasteiger partial charge in [0.05, 0.1) is 17.9 Å². The van der Waals surface area contributed by atoms with Crippen LogP contribution in [0.3, 0.4) is 0 Å². The molecule has 172 valence electrons. The quantitative estimate of drug-likeness (QED) is 0.459. The van der Waals surface area contributed by atoms with Gasteiger partial charge in [0, 0.05) is 41.8 Å². The van der Waals surface area contributed by atoms with Crippen LogP contribution in [0.4, 0.5) is 5.69 Å². The summed E-state index contributed by atoms with van der Waals surface area (Å²) in [5.41, 5.74) is 3.50. The van der Waals surface area contributed by atoms with Crippen molar-refractivity contribution in [2.75, 3.05) is 17.8 Å². The van der Waals surface area contributed by atoms with Gasteiger partial charge in [-0.05, 0) is 23.8 Å². The molecular formula is C27H25N3O3S. The average molecular weight is 472 g/mol. The van der Waals surface area contributed by atoms with E-state index in [4.69, 9.17) is 4.74 Å². The van der Waals surface area contributed by atoms with E-state index in [-0.39, 0.29) is 17.6 Å². The minimum absolute atomic E-state index is 0.126. The molecule has 0 unspecified atom stereocenters. The minimum Gasteiger partial charge on any atom is -0.497 e. The number of amides is 2. The van der Waals surface area contributed by atoms with E-state index in [1.165, 1.54) is 11.8 Å². The maximum Gasteiger partial charge on any atom is 0.248 e. The van der Waals surface area contributed by atoms with E-state index in [1.807, 2.05) is 79.8 Å². The average Bonchev–Trinajstić information content (AvgIpc) is 3.05. The number of aryl methyl sites for hydroxylation is 1. The highest BCUT2D eigenvalue weighted by atomic mass is 32.2. The molecule has 0 saturated carbocycles. The molecule has 4 aromatic rings. The Labute approximate surface area is 202 Å². The van der Waals surface area contributed by atoms with Crippen molar-refractivity contribution in [3.8, 4) is 5.75 Å². The number of anilines is 1. The molecule has 1 aliphatic rings. The van der Waals surface area contributed by atoms with E-state index < -0.39 is 6.04 Å². The van der Waals surface area contributed by atoms with Crippen LogP contribution in [-0.4, -0.2) is 29.2 Å². The zero-order valence-electron chi connectivity index (χ0n) is 19.0. The summed E-state index contributed by atoms with van der Waals surface area (Å²) in [7, 11) is 3.57. The van der Waals surface area contributed by atoms with E-state index in [9.17, 15) is 9.59 Å². The van der Waals surface area contributed by atoms with Crippen LogP contribution in [0, 0.1) is 0 Å². The maximum absolute atomic E-state index is 13.9. The van der Waals surface area contributed by atoms with Gasteiger partial charge in [-0.1, -0.05) is 66.4 Å². The van der Waals surface area contributed by atoms with Crippen molar-refractivity contribution in [3.63, 3.8) is 0 Å². The lowest BCUT2D eigenvalue weighted by molar-refractivity contribution is -0.125. The summed E-state index contributed by atoms with van der Waals surface area (Å²) < 4.78 is 7.49. The predicted octanol–water partition coefficient (Wildman–Crippen LogP) is 4.68. The summed E-state index contributed by atoms with van der Waals surface area (Å²) >= 11 is 1.47. The van der Waals surface area contributed by atoms with Gasteiger partial charge in [0.2, 0.25) is 11.8 Å². The normalized spacial score (nSPS) is 15.6. The molecule has 5 rings (SSSR count). The number of thioether (sulfide) groups is 1. The zero-order valence-corrected chi connectivity index (χ0v) is 19.8. The Bertz CT molecular complexity index is 1370. The standard InChI is InChI=1S/C27H25N3O3S/c1-29-22-14-7-6-13-21(22)24-25(26(32)28-16-18-9-4-3-5-10-18)30(23(31)17-34-27(24)29)19-11-8-12-20(15-19)33-2/h3-15,25H,16-17H2,1-2H3,(H,28,32)/t25-/m0/s1. The summed E-state index contributed by atoms with van der Waals surface area (Å²) in [6, 6.07) is 24.3. The summed E-state index contributed by atoms with van der Waals surface area (Å²) in [6.07, 6.45) is 0. The highest BCUT2D eigenvalue weighted by molar-refractivity contribution is 8.00. The summed E-state index contributed by atoms with van der Waals surface area (Å²) in [5.74, 6) is 0.513. The number of aromatic nitrogens is 1. The van der Waals surface area contributed by atoms with E-state index in [1.54, 1.807) is 18.1 Å². The molecule has 7 heteroatoms. The number of carbonyl (C=O) groups is 2. The van der Waals surface area contributed by atoms with Gasteiger partial charge in [-0.25, -0.2) is 0 Å². The smallest absolute Gasteiger partial charge is 0.248 e. The third-order valence-corrected chi connectivity index (χ3v) is 7.27. The maximum atomic E-state index is 13.9. The molecule has 0 spiro atoms. The van der Waals surface area contributed by atoms with Crippen molar-refractivity contribution in [1.29, 1.82) is 0 Å². The second-order valence-electron chi connectivity index (χ2n) is 8.15. The SMILES string of the molecule is COc1cccc(N2C(=O)CSc3c(c4ccccc4n3C)[C@H]2C(=O)NCc2ccccc2)c1. The number of hydrogen-bond donors (Lipinski definition) is 1. The molecule has 0 bridgehead atoms. The second-order valence-corrected chi connectivity index (χ2v) is 9.12. The van der Waals surface area contributed by atoms with Crippen LogP contribution in [0.1, 0.15) is 17.2 Å². The highest BCUT2D eigenvalue weighted by Gasteiger charge is 2.39. The molecule has 3 aromatic carbocycles. The number of hydrogen-bond acceptors (Lipinski definition) is 4. The molecule has 2 heterocycles. The number of fused-ring (bicyclic) bond motifs is 3. The first-order valence-electron chi connectivity index (χ1n) is 11.1. The minimum atomic E-state index is -0.820. The van der Waals surface area contributed by atoms with E-state index in [0.29, 0.717) is 18.0 Å². The Kier molecular flexibility index (Phi) is 6.02. The van der Waals surface area contributed by atoms with Crippen molar-refractivity contribution in [2.24, 2.45) is 7.05 Å². The third-order valence-electron chi connectivity index (χ3n) is 6.11. The fourth-order valence-electron chi connectivity index (χ4n) is 4.49. The number of nitrogens with one attached hydrogen (secondary N) is 1. The van der Waals surface area contributed by atoms with Crippen LogP contribution in [0.2, 0.25) is 0 Å². The number of rotatable bonds is 5. The van der Waals surface area contributed by atoms with Crippen LogP contribution in [0.15, 0.2) is 83.9 Å². The Balaban J connectivity index is 1.66. The number of ether oxygens (including phenoxy) is 1. The van der Waals surface area contributed by atoms with Crippen LogP contribution in [-0.2, 0) is 23.2 Å². The first-order chi connectivity index (χ1) is 16.6. The molecule has 1 aromatic heterocycles. The fraction of sp³-hybridized carbons (Fsp3) is 0.185. The first-order valence-corrected chi connectivity index (χ1v) is 12.0. The molecule has 1 aliphatic heterocycles. The van der Waals surface area contributed by atoms with Crippen molar-refractivity contribution in [2.45, 2.75) is 17.6 Å². The predicted molar refractivity (Wildman–Crippen MR) is 135 cm³/mol. The lowest BCUT2D eigenvalue weighted by atomic mass is 10.0. The zero-order chi connectivity index (χ0) is 23.7. The molecule has 0 aliphatic carbocycles. The highest BCUT2D eigenvalue weighted by Crippen LogP contribution is 2.43. The molecule has 0 radical (unpaired) electrons. The fourth-order valence-corrected chi connectivity index (χ4v) is 5.56. The second kappa shape index (κ2) is 9.27. The number of methoxy groups -OCH3 is 1. The Hall–Kier alpha value is -3.71. The summed E-state index contributed by atoms with van der Waals surface area (Å²) in [6.45, 7) is 0.379. The molecule has 2 amide bonds. The Morgan fingerprint density at radius 1 is 1.06 bits per heavy atom. The molecule has 1 atom stereocenters. The Morgan fingerprint density at radius 3 is 2.62 bits per heavy atom. The first kappa shape index (κ1) is 22.1. The number of carbonyl (C=O) groups excluding carboxylic acids is 2. The van der Waals surface area contributed by atoms with Crippen LogP contribution in [0.25, 0.3) is 10.9 Å². The van der Waals surface area contributed by atoms with Gasteiger partial charge in [0.1, 0.15) is 11.8 Å². The van der Waals surface area contributed by atoms with E-state index in [0.717, 1.165) is 27.1 Å². The van der Waals surface area contributed by atoms with E-state index in [2.05, 4.69) is 9.88 Å². The van der Waals surface area contributed by atoms with Crippen molar-refractivity contribution in [3.05, 3.63) is 90.0 Å². The van der Waals surface area contributed by atoms with Gasteiger partial charge < -0.3 is 14.6 Å². The topological polar surface area (TPSA) is 63.6 Å². The lowest BCUT2D eigenvalue weighted by Gasteiger charge is -2.30. The van der Waals surface area contributed by atoms with Crippen LogP contribution in [0.5, 0.6) is 5.75 Å². The largest absolute Gasteiger partial charge is 0.497 e. The van der Waals surface area contributed by atoms with E-state index >= 15 is 0 Å². The number of nitrogens with zero attached hydrogens (tertiary/aromatic N) is 2. The summed E-state index contributed by atoms with van der Waals surface area (Å²) in [5, 5.41) is 4.98. The number of para-hydroxylation sites is 1. The molecule has 6 nitrogen and oxygen atoms in total. The monoisotopic (exact) mass is 471 g/mol. The third kappa shape index (κ3) is 3.92. The molecule has 1 N–H and O–H groups in total. The van der Waals surface area contributed by atoms with Crippen molar-refractivity contribution in [1.82, 2.24) is 9.88 Å². The van der Waals surface area contributed by atoms with Gasteiger partial charge in [-0.3, -0.25) is 14.5 Å². The number of benzene rings is 3. The van der Waals surface area contributed by atoms with Crippen molar-refractivity contribution < 1.29 is 14.3 Å². The molecule has 0 saturated heterocycles. The lowest BCUT2D eigenvalue weighted by Crippen LogP contribution is -2.43. The molecule has 0 fully saturated rings. The van der Waals surface area contributed by atoms with Gasteiger partial charge >= 0.3 is 0 Å². The van der Waals surface area contributed by atoms with Gasteiger partial charge in [-0.2, -0.15) is 0 Å². The van der Waals surface area contributed by atoms with Gasteiger partial charge in [-0.15, -0.1) is 0 Å². The summed E-state index contributed by atoms with van der Waals surface area (Å²) in [4.78, 5) is 29.0. The molecule has 34 heavy (non-hydrogen) atoms. The van der Waals surface area contributed by atoms with Gasteiger partial charge in [0.15, 0.2) is 0 Å². The Morgan fingerprint density at radius 2 is 1.82 bits per heavy atom. The molecular weight excluding hydrogens is 446 g/mol. The van der Waals surface area contributed by atoms with Crippen LogP contribution >= 0.6 is 11.8 Å². The van der Waals surface area contributed by atoms with Crippen LogP contribution < -0.4 is 15.0 Å².